The van der Waals surface area contributed by atoms with Gasteiger partial charge >= 0.3 is 0 Å². The predicted octanol–water partition coefficient (Wildman–Crippen LogP) is 3.16. The fraction of sp³-hybridized carbons (Fsp3) is 0.400. The van der Waals surface area contributed by atoms with Gasteiger partial charge in [0.1, 0.15) is 6.54 Å². The number of ketones is 1. The summed E-state index contributed by atoms with van der Waals surface area (Å²) in [6.07, 6.45) is 0. The lowest BCUT2D eigenvalue weighted by atomic mass is 10.1. The molecule has 0 N–H and O–H groups in total. The lowest BCUT2D eigenvalue weighted by molar-refractivity contribution is 0.0960. The van der Waals surface area contributed by atoms with E-state index in [1.54, 1.807) is 7.11 Å². The number of hydrogen-bond acceptors (Lipinski definition) is 5. The van der Waals surface area contributed by atoms with Gasteiger partial charge in [-0.3, -0.25) is 4.79 Å². The molecule has 0 aliphatic rings. The molecule has 0 saturated heterocycles. The summed E-state index contributed by atoms with van der Waals surface area (Å²) in [6, 6.07) is 9.93. The standard InChI is InChI=1S/C20H25N5O2/c1-13-8-6-7-9-17(13)20-21-23-24(22-20)11-19(26)18-10-14(2)25(16(18)4)15(3)12-27-5/h6-10,15H,11-12H2,1-5H3/t15-/m0/s1. The predicted molar refractivity (Wildman–Crippen MR) is 103 cm³/mol. The Kier molecular flexibility index (Phi) is 5.51. The van der Waals surface area contributed by atoms with E-state index in [1.165, 1.54) is 4.80 Å². The van der Waals surface area contributed by atoms with Crippen molar-refractivity contribution in [3.8, 4) is 11.4 Å². The number of hydrogen-bond donors (Lipinski definition) is 0. The van der Waals surface area contributed by atoms with Crippen LogP contribution in [0.25, 0.3) is 11.4 Å². The number of carbonyl (C=O) groups is 1. The normalized spacial score (nSPS) is 12.3. The molecule has 0 amide bonds. The number of methoxy groups -OCH3 is 1. The lowest BCUT2D eigenvalue weighted by Gasteiger charge is -2.17. The van der Waals surface area contributed by atoms with Crippen LogP contribution in [0, 0.1) is 20.8 Å². The molecule has 0 spiro atoms. The van der Waals surface area contributed by atoms with Gasteiger partial charge in [0.2, 0.25) is 5.82 Å². The number of benzene rings is 1. The molecule has 0 fully saturated rings. The largest absolute Gasteiger partial charge is 0.383 e. The topological polar surface area (TPSA) is 74.8 Å². The van der Waals surface area contributed by atoms with E-state index in [9.17, 15) is 4.79 Å². The quantitative estimate of drug-likeness (QED) is 0.600. The molecule has 2 heterocycles. The molecule has 2 aromatic heterocycles. The number of ether oxygens (including phenoxy) is 1. The van der Waals surface area contributed by atoms with E-state index in [-0.39, 0.29) is 18.4 Å². The van der Waals surface area contributed by atoms with E-state index in [0.29, 0.717) is 18.0 Å². The number of tetrazole rings is 1. The molecule has 7 heteroatoms. The first-order chi connectivity index (χ1) is 12.9. The molecule has 142 valence electrons. The molecule has 0 radical (unpaired) electrons. The molecular formula is C20H25N5O2. The van der Waals surface area contributed by atoms with Gasteiger partial charge in [0.15, 0.2) is 5.78 Å². The Morgan fingerprint density at radius 3 is 2.67 bits per heavy atom. The maximum absolute atomic E-state index is 12.8. The van der Waals surface area contributed by atoms with Gasteiger partial charge in [-0.2, -0.15) is 4.80 Å². The number of aromatic nitrogens is 5. The van der Waals surface area contributed by atoms with Gasteiger partial charge in [-0.25, -0.2) is 0 Å². The first-order valence-electron chi connectivity index (χ1n) is 8.96. The first-order valence-corrected chi connectivity index (χ1v) is 8.96. The van der Waals surface area contributed by atoms with Crippen LogP contribution in [0.15, 0.2) is 30.3 Å². The van der Waals surface area contributed by atoms with E-state index in [2.05, 4.69) is 26.9 Å². The SMILES string of the molecule is COC[C@H](C)n1c(C)cc(C(=O)Cn2nnc(-c3ccccc3C)n2)c1C. The maximum atomic E-state index is 12.8. The van der Waals surface area contributed by atoms with Crippen molar-refractivity contribution in [1.82, 2.24) is 24.8 Å². The molecule has 3 rings (SSSR count). The van der Waals surface area contributed by atoms with E-state index >= 15 is 0 Å². The Balaban J connectivity index is 1.81. The van der Waals surface area contributed by atoms with Gasteiger partial charge in [0.05, 0.1) is 12.6 Å². The van der Waals surface area contributed by atoms with Crippen molar-refractivity contribution in [1.29, 1.82) is 0 Å². The van der Waals surface area contributed by atoms with Crippen molar-refractivity contribution in [2.75, 3.05) is 13.7 Å². The summed E-state index contributed by atoms with van der Waals surface area (Å²) in [4.78, 5) is 14.2. The van der Waals surface area contributed by atoms with Crippen LogP contribution in [0.4, 0.5) is 0 Å². The van der Waals surface area contributed by atoms with Gasteiger partial charge in [-0.15, -0.1) is 10.2 Å². The number of nitrogens with zero attached hydrogens (tertiary/aromatic N) is 5. The molecule has 0 saturated carbocycles. The minimum absolute atomic E-state index is 0.0345. The second-order valence-electron chi connectivity index (χ2n) is 6.84. The van der Waals surface area contributed by atoms with Crippen molar-refractivity contribution in [3.63, 3.8) is 0 Å². The van der Waals surface area contributed by atoms with Crippen molar-refractivity contribution in [3.05, 3.63) is 52.8 Å². The zero-order valence-electron chi connectivity index (χ0n) is 16.4. The van der Waals surface area contributed by atoms with Gasteiger partial charge in [-0.05, 0) is 44.5 Å². The Morgan fingerprint density at radius 1 is 1.22 bits per heavy atom. The van der Waals surface area contributed by atoms with Gasteiger partial charge in [0.25, 0.3) is 0 Å². The van der Waals surface area contributed by atoms with Crippen LogP contribution < -0.4 is 0 Å². The van der Waals surface area contributed by atoms with Gasteiger partial charge in [-0.1, -0.05) is 24.3 Å². The highest BCUT2D eigenvalue weighted by Gasteiger charge is 2.20. The zero-order valence-corrected chi connectivity index (χ0v) is 16.4. The van der Waals surface area contributed by atoms with E-state index < -0.39 is 0 Å². The maximum Gasteiger partial charge on any atom is 0.205 e. The Bertz CT molecular complexity index is 957. The van der Waals surface area contributed by atoms with Crippen molar-refractivity contribution >= 4 is 5.78 Å². The van der Waals surface area contributed by atoms with E-state index in [4.69, 9.17) is 4.74 Å². The molecular weight excluding hydrogens is 342 g/mol. The van der Waals surface area contributed by atoms with Crippen LogP contribution in [0.2, 0.25) is 0 Å². The average molecular weight is 367 g/mol. The van der Waals surface area contributed by atoms with E-state index in [0.717, 1.165) is 22.5 Å². The molecule has 1 atom stereocenters. The van der Waals surface area contributed by atoms with Crippen molar-refractivity contribution in [2.24, 2.45) is 0 Å². The second kappa shape index (κ2) is 7.84. The number of Topliss-reactive ketones (excluding diaryl/α,β-unsaturated/α-hetero) is 1. The summed E-state index contributed by atoms with van der Waals surface area (Å²) >= 11 is 0. The smallest absolute Gasteiger partial charge is 0.205 e. The number of rotatable bonds is 7. The number of aryl methyl sites for hydroxylation is 2. The van der Waals surface area contributed by atoms with Crippen LogP contribution in [0.3, 0.4) is 0 Å². The highest BCUT2D eigenvalue weighted by Crippen LogP contribution is 2.22. The van der Waals surface area contributed by atoms with E-state index in [1.807, 2.05) is 51.1 Å². The molecule has 0 bridgehead atoms. The fourth-order valence-corrected chi connectivity index (χ4v) is 3.51. The summed E-state index contributed by atoms with van der Waals surface area (Å²) in [5.41, 5.74) is 4.64. The number of carbonyl (C=O) groups excluding carboxylic acids is 1. The second-order valence-corrected chi connectivity index (χ2v) is 6.84. The average Bonchev–Trinajstić information content (AvgIpc) is 3.19. The van der Waals surface area contributed by atoms with Crippen LogP contribution in [0.1, 0.15) is 40.3 Å². The fourth-order valence-electron chi connectivity index (χ4n) is 3.51. The van der Waals surface area contributed by atoms with Gasteiger partial charge in [0, 0.05) is 29.6 Å². The Labute approximate surface area is 159 Å². The summed E-state index contributed by atoms with van der Waals surface area (Å²) in [5, 5.41) is 12.5. The lowest BCUT2D eigenvalue weighted by Crippen LogP contribution is -2.16. The van der Waals surface area contributed by atoms with Crippen LogP contribution in [-0.4, -0.2) is 44.3 Å². The highest BCUT2D eigenvalue weighted by atomic mass is 16.5. The first kappa shape index (κ1) is 19.0. The van der Waals surface area contributed by atoms with Crippen molar-refractivity contribution in [2.45, 2.75) is 40.3 Å². The third-order valence-corrected chi connectivity index (χ3v) is 4.76. The Morgan fingerprint density at radius 2 is 1.96 bits per heavy atom. The molecule has 27 heavy (non-hydrogen) atoms. The monoisotopic (exact) mass is 367 g/mol. The highest BCUT2D eigenvalue weighted by molar-refractivity contribution is 5.97. The third-order valence-electron chi connectivity index (χ3n) is 4.76. The third kappa shape index (κ3) is 3.83. The molecule has 0 aliphatic carbocycles. The minimum atomic E-state index is -0.0345. The zero-order chi connectivity index (χ0) is 19.6. The van der Waals surface area contributed by atoms with Crippen LogP contribution >= 0.6 is 0 Å². The Hall–Kier alpha value is -2.80. The summed E-state index contributed by atoms with van der Waals surface area (Å²) in [7, 11) is 1.68. The van der Waals surface area contributed by atoms with Crippen LogP contribution in [0.5, 0.6) is 0 Å². The van der Waals surface area contributed by atoms with Gasteiger partial charge < -0.3 is 9.30 Å². The molecule has 0 unspecified atom stereocenters. The summed E-state index contributed by atoms with van der Waals surface area (Å²) in [5.74, 6) is 0.493. The molecule has 1 aromatic carbocycles. The minimum Gasteiger partial charge on any atom is -0.383 e. The molecule has 7 nitrogen and oxygen atoms in total. The molecule has 0 aliphatic heterocycles. The van der Waals surface area contributed by atoms with Crippen LogP contribution in [-0.2, 0) is 11.3 Å². The summed E-state index contributed by atoms with van der Waals surface area (Å²) < 4.78 is 7.38. The van der Waals surface area contributed by atoms with Crippen molar-refractivity contribution < 1.29 is 9.53 Å². The summed E-state index contributed by atoms with van der Waals surface area (Å²) in [6.45, 7) is 8.68. The molecule has 3 aromatic rings.